The van der Waals surface area contributed by atoms with Crippen LogP contribution in [0.15, 0.2) is 17.3 Å². The molecule has 86 valence electrons. The largest absolute Gasteiger partial charge is 0.384 e. The summed E-state index contributed by atoms with van der Waals surface area (Å²) in [4.78, 5) is 4.37. The highest BCUT2D eigenvalue weighted by Crippen LogP contribution is 2.35. The Morgan fingerprint density at radius 3 is 2.81 bits per heavy atom. The fraction of sp³-hybridized carbons (Fsp3) is 0.500. The Balaban J connectivity index is 2.25. The lowest BCUT2D eigenvalue weighted by atomic mass is 10.1. The summed E-state index contributed by atoms with van der Waals surface area (Å²) < 4.78 is 0. The lowest BCUT2D eigenvalue weighted by Crippen LogP contribution is -2.15. The van der Waals surface area contributed by atoms with Crippen molar-refractivity contribution in [3.63, 3.8) is 0 Å². The van der Waals surface area contributed by atoms with E-state index in [2.05, 4.69) is 4.98 Å². The van der Waals surface area contributed by atoms with Crippen LogP contribution in [0.4, 0.5) is 0 Å². The maximum atomic E-state index is 7.62. The van der Waals surface area contributed by atoms with Crippen LogP contribution >= 0.6 is 11.8 Å². The molecule has 0 radical (unpaired) electrons. The maximum Gasteiger partial charge on any atom is 0.125 e. The first-order chi connectivity index (χ1) is 7.68. The Labute approximate surface area is 100 Å². The number of hydrogen-bond donors (Lipinski definition) is 2. The van der Waals surface area contributed by atoms with Gasteiger partial charge in [-0.25, -0.2) is 4.98 Å². The monoisotopic (exact) mass is 235 g/mol. The SMILES string of the molecule is Cc1ccnc(SC2CCCC2)c1C(=N)N. The molecule has 16 heavy (non-hydrogen) atoms. The maximum absolute atomic E-state index is 7.62. The predicted molar refractivity (Wildman–Crippen MR) is 68.1 cm³/mol. The number of thioether (sulfide) groups is 1. The molecule has 0 unspecified atom stereocenters. The van der Waals surface area contributed by atoms with Gasteiger partial charge in [0, 0.05) is 11.4 Å². The molecule has 1 aromatic rings. The van der Waals surface area contributed by atoms with E-state index < -0.39 is 0 Å². The van der Waals surface area contributed by atoms with Crippen molar-refractivity contribution in [2.45, 2.75) is 42.9 Å². The van der Waals surface area contributed by atoms with Crippen LogP contribution in [0.2, 0.25) is 0 Å². The van der Waals surface area contributed by atoms with E-state index in [1.807, 2.05) is 13.0 Å². The highest BCUT2D eigenvalue weighted by molar-refractivity contribution is 7.99. The number of amidine groups is 1. The Bertz CT molecular complexity index is 397. The molecule has 0 aromatic carbocycles. The molecule has 0 amide bonds. The van der Waals surface area contributed by atoms with Crippen molar-refractivity contribution >= 4 is 17.6 Å². The van der Waals surface area contributed by atoms with Gasteiger partial charge in [0.05, 0.1) is 5.56 Å². The summed E-state index contributed by atoms with van der Waals surface area (Å²) in [5.41, 5.74) is 7.48. The molecule has 1 heterocycles. The van der Waals surface area contributed by atoms with E-state index in [0.717, 1.165) is 16.2 Å². The van der Waals surface area contributed by atoms with Crippen LogP contribution in [0, 0.1) is 12.3 Å². The molecule has 0 aliphatic heterocycles. The number of aromatic nitrogens is 1. The second-order valence-electron chi connectivity index (χ2n) is 4.25. The number of hydrogen-bond acceptors (Lipinski definition) is 3. The van der Waals surface area contributed by atoms with Crippen molar-refractivity contribution in [2.75, 3.05) is 0 Å². The second kappa shape index (κ2) is 4.87. The smallest absolute Gasteiger partial charge is 0.125 e. The normalized spacial score (nSPS) is 16.6. The number of nitrogens with one attached hydrogen (secondary N) is 1. The van der Waals surface area contributed by atoms with Crippen LogP contribution in [0.5, 0.6) is 0 Å². The van der Waals surface area contributed by atoms with Gasteiger partial charge in [-0.15, -0.1) is 11.8 Å². The van der Waals surface area contributed by atoms with E-state index in [0.29, 0.717) is 5.25 Å². The first-order valence-electron chi connectivity index (χ1n) is 5.65. The van der Waals surface area contributed by atoms with Crippen molar-refractivity contribution in [1.29, 1.82) is 5.41 Å². The van der Waals surface area contributed by atoms with Crippen LogP contribution in [0.3, 0.4) is 0 Å². The summed E-state index contributed by atoms with van der Waals surface area (Å²) in [6.07, 6.45) is 6.96. The third-order valence-electron chi connectivity index (χ3n) is 2.97. The van der Waals surface area contributed by atoms with Crippen LogP contribution < -0.4 is 5.73 Å². The zero-order valence-electron chi connectivity index (χ0n) is 9.49. The number of pyridine rings is 1. The topological polar surface area (TPSA) is 62.8 Å². The summed E-state index contributed by atoms with van der Waals surface area (Å²) in [6.45, 7) is 1.98. The molecule has 1 saturated carbocycles. The second-order valence-corrected chi connectivity index (χ2v) is 5.54. The van der Waals surface area contributed by atoms with Gasteiger partial charge in [0.1, 0.15) is 10.9 Å². The molecule has 1 aliphatic carbocycles. The van der Waals surface area contributed by atoms with E-state index in [1.54, 1.807) is 18.0 Å². The van der Waals surface area contributed by atoms with Gasteiger partial charge >= 0.3 is 0 Å². The van der Waals surface area contributed by atoms with Gasteiger partial charge in [-0.2, -0.15) is 0 Å². The number of nitrogens with zero attached hydrogens (tertiary/aromatic N) is 1. The minimum absolute atomic E-state index is 0.131. The number of nitrogens with two attached hydrogens (primary N) is 1. The first kappa shape index (κ1) is 11.5. The molecule has 1 aromatic heterocycles. The number of aryl methyl sites for hydroxylation is 1. The molecule has 3 N–H and O–H groups in total. The average Bonchev–Trinajstić information content (AvgIpc) is 2.70. The van der Waals surface area contributed by atoms with E-state index >= 15 is 0 Å². The molecular weight excluding hydrogens is 218 g/mol. The fourth-order valence-electron chi connectivity index (χ4n) is 2.11. The Hall–Kier alpha value is -1.03. The lowest BCUT2D eigenvalue weighted by molar-refractivity contribution is 0.886. The van der Waals surface area contributed by atoms with E-state index in [1.165, 1.54) is 25.7 Å². The third-order valence-corrected chi connectivity index (χ3v) is 4.31. The zero-order valence-corrected chi connectivity index (χ0v) is 10.3. The molecule has 1 aliphatic rings. The fourth-order valence-corrected chi connectivity index (χ4v) is 3.51. The highest BCUT2D eigenvalue weighted by Gasteiger charge is 2.19. The predicted octanol–water partition coefficient (Wildman–Crippen LogP) is 2.71. The summed E-state index contributed by atoms with van der Waals surface area (Å²) in [6, 6.07) is 1.91. The highest BCUT2D eigenvalue weighted by atomic mass is 32.2. The summed E-state index contributed by atoms with van der Waals surface area (Å²) >= 11 is 1.79. The standard InChI is InChI=1S/C12H17N3S/c1-8-6-7-15-12(10(8)11(13)14)16-9-4-2-3-5-9/h6-7,9H,2-5H2,1H3,(H3,13,14). The molecular formula is C12H17N3S. The van der Waals surface area contributed by atoms with Gasteiger partial charge in [0.25, 0.3) is 0 Å². The summed E-state index contributed by atoms with van der Waals surface area (Å²) in [5.74, 6) is 0.131. The zero-order chi connectivity index (χ0) is 11.5. The van der Waals surface area contributed by atoms with Crippen LogP contribution in [0.25, 0.3) is 0 Å². The van der Waals surface area contributed by atoms with E-state index in [9.17, 15) is 0 Å². The molecule has 0 saturated heterocycles. The van der Waals surface area contributed by atoms with Gasteiger partial charge in [-0.1, -0.05) is 12.8 Å². The van der Waals surface area contributed by atoms with Gasteiger partial charge in [-0.05, 0) is 31.4 Å². The van der Waals surface area contributed by atoms with Crippen molar-refractivity contribution in [3.8, 4) is 0 Å². The van der Waals surface area contributed by atoms with Crippen LogP contribution in [0.1, 0.15) is 36.8 Å². The van der Waals surface area contributed by atoms with Gasteiger partial charge < -0.3 is 5.73 Å². The van der Waals surface area contributed by atoms with Crippen LogP contribution in [-0.2, 0) is 0 Å². The minimum Gasteiger partial charge on any atom is -0.384 e. The summed E-state index contributed by atoms with van der Waals surface area (Å²) in [5, 5.41) is 9.21. The van der Waals surface area contributed by atoms with Gasteiger partial charge in [0.2, 0.25) is 0 Å². The van der Waals surface area contributed by atoms with Crippen molar-refractivity contribution < 1.29 is 0 Å². The van der Waals surface area contributed by atoms with Crippen molar-refractivity contribution in [1.82, 2.24) is 4.98 Å². The molecule has 3 nitrogen and oxygen atoms in total. The van der Waals surface area contributed by atoms with Crippen molar-refractivity contribution in [3.05, 3.63) is 23.4 Å². The molecule has 2 rings (SSSR count). The Morgan fingerprint density at radius 2 is 2.19 bits per heavy atom. The molecule has 0 bridgehead atoms. The van der Waals surface area contributed by atoms with Gasteiger partial charge in [0.15, 0.2) is 0 Å². The van der Waals surface area contributed by atoms with E-state index in [4.69, 9.17) is 11.1 Å². The molecule has 1 fully saturated rings. The summed E-state index contributed by atoms with van der Waals surface area (Å²) in [7, 11) is 0. The average molecular weight is 235 g/mol. The molecule has 0 spiro atoms. The van der Waals surface area contributed by atoms with Crippen molar-refractivity contribution in [2.24, 2.45) is 5.73 Å². The third kappa shape index (κ3) is 2.38. The molecule has 4 heteroatoms. The van der Waals surface area contributed by atoms with Crippen LogP contribution in [-0.4, -0.2) is 16.1 Å². The first-order valence-corrected chi connectivity index (χ1v) is 6.53. The Kier molecular flexibility index (Phi) is 3.49. The number of rotatable bonds is 3. The quantitative estimate of drug-likeness (QED) is 0.625. The van der Waals surface area contributed by atoms with E-state index in [-0.39, 0.29) is 5.84 Å². The number of nitrogen functional groups attached to an aromatic ring is 1. The Morgan fingerprint density at radius 1 is 1.50 bits per heavy atom. The van der Waals surface area contributed by atoms with Gasteiger partial charge in [-0.3, -0.25) is 5.41 Å². The lowest BCUT2D eigenvalue weighted by Gasteiger charge is -2.13. The molecule has 0 atom stereocenters. The minimum atomic E-state index is 0.131.